The van der Waals surface area contributed by atoms with Crippen LogP contribution in [0, 0.1) is 11.3 Å². The Morgan fingerprint density at radius 2 is 1.83 bits per heavy atom. The molecule has 0 fully saturated rings. The van der Waals surface area contributed by atoms with Gasteiger partial charge in [0, 0.05) is 18.8 Å². The Hall–Kier alpha value is -1.83. The van der Waals surface area contributed by atoms with Crippen molar-refractivity contribution in [2.24, 2.45) is 0 Å². The van der Waals surface area contributed by atoms with E-state index in [0.717, 1.165) is 5.69 Å². The Morgan fingerprint density at radius 1 is 1.17 bits per heavy atom. The summed E-state index contributed by atoms with van der Waals surface area (Å²) in [5, 5.41) is 16.7. The molecule has 0 aliphatic heterocycles. The van der Waals surface area contributed by atoms with E-state index >= 15 is 0 Å². The Balaban J connectivity index is 2.38. The molecule has 18 heavy (non-hydrogen) atoms. The second kappa shape index (κ2) is 5.21. The third kappa shape index (κ3) is 2.53. The molecular weight excluding hydrogens is 271 g/mol. The molecule has 90 valence electrons. The molecule has 4 nitrogen and oxygen atoms in total. The highest BCUT2D eigenvalue weighted by molar-refractivity contribution is 6.33. The van der Waals surface area contributed by atoms with Crippen LogP contribution in [0.5, 0.6) is 0 Å². The summed E-state index contributed by atoms with van der Waals surface area (Å²) >= 11 is 11.8. The van der Waals surface area contributed by atoms with Gasteiger partial charge in [0.2, 0.25) is 0 Å². The Bertz CT molecular complexity index is 604. The second-order valence-corrected chi connectivity index (χ2v) is 4.31. The highest BCUT2D eigenvalue weighted by atomic mass is 35.5. The zero-order chi connectivity index (χ0) is 13.1. The van der Waals surface area contributed by atoms with Gasteiger partial charge in [-0.2, -0.15) is 5.26 Å². The summed E-state index contributed by atoms with van der Waals surface area (Å²) in [5.74, 6) is 0. The van der Waals surface area contributed by atoms with Gasteiger partial charge in [-0.25, -0.2) is 0 Å². The summed E-state index contributed by atoms with van der Waals surface area (Å²) in [7, 11) is 1.83. The minimum absolute atomic E-state index is 0.270. The van der Waals surface area contributed by atoms with Gasteiger partial charge >= 0.3 is 0 Å². The standard InChI is InChI=1S/C12H8Cl2N4/c1-18(9-4-2-8(7-15)3-5-9)10-6-11(13)16-17-12(10)14/h2-6H,1H3. The minimum Gasteiger partial charge on any atom is -0.342 e. The lowest BCUT2D eigenvalue weighted by molar-refractivity contribution is 1.02. The van der Waals surface area contributed by atoms with Gasteiger partial charge in [-0.1, -0.05) is 23.2 Å². The summed E-state index contributed by atoms with van der Waals surface area (Å²) < 4.78 is 0. The smallest absolute Gasteiger partial charge is 0.175 e. The Kier molecular flexibility index (Phi) is 3.66. The molecule has 2 rings (SSSR count). The van der Waals surface area contributed by atoms with Crippen molar-refractivity contribution in [1.82, 2.24) is 10.2 Å². The monoisotopic (exact) mass is 278 g/mol. The van der Waals surface area contributed by atoms with Crippen LogP contribution in [-0.4, -0.2) is 17.2 Å². The number of nitrogens with zero attached hydrogens (tertiary/aromatic N) is 4. The quantitative estimate of drug-likeness (QED) is 0.845. The largest absolute Gasteiger partial charge is 0.342 e. The predicted molar refractivity (Wildman–Crippen MR) is 71.3 cm³/mol. The lowest BCUT2D eigenvalue weighted by atomic mass is 10.2. The number of hydrogen-bond donors (Lipinski definition) is 0. The van der Waals surface area contributed by atoms with Gasteiger partial charge in [0.05, 0.1) is 17.3 Å². The number of benzene rings is 1. The fourth-order valence-corrected chi connectivity index (χ4v) is 1.84. The van der Waals surface area contributed by atoms with Crippen LogP contribution in [-0.2, 0) is 0 Å². The average molecular weight is 279 g/mol. The molecule has 0 N–H and O–H groups in total. The summed E-state index contributed by atoms with van der Waals surface area (Å²) in [6.07, 6.45) is 0. The molecule has 1 heterocycles. The first-order valence-electron chi connectivity index (χ1n) is 5.04. The van der Waals surface area contributed by atoms with E-state index in [1.807, 2.05) is 24.1 Å². The van der Waals surface area contributed by atoms with E-state index in [1.54, 1.807) is 18.2 Å². The normalized spacial score (nSPS) is 9.89. The molecule has 0 unspecified atom stereocenters. The summed E-state index contributed by atoms with van der Waals surface area (Å²) in [5.41, 5.74) is 2.13. The van der Waals surface area contributed by atoms with Gasteiger partial charge in [0.1, 0.15) is 0 Å². The second-order valence-electron chi connectivity index (χ2n) is 3.56. The van der Waals surface area contributed by atoms with Gasteiger partial charge < -0.3 is 4.90 Å². The molecule has 2 aromatic rings. The molecule has 6 heteroatoms. The highest BCUT2D eigenvalue weighted by Gasteiger charge is 2.11. The fraction of sp³-hybridized carbons (Fsp3) is 0.0833. The zero-order valence-corrected chi connectivity index (χ0v) is 10.9. The lowest BCUT2D eigenvalue weighted by Crippen LogP contribution is -2.11. The van der Waals surface area contributed by atoms with Crippen LogP contribution in [0.15, 0.2) is 30.3 Å². The zero-order valence-electron chi connectivity index (χ0n) is 9.43. The SMILES string of the molecule is CN(c1ccc(C#N)cc1)c1cc(Cl)nnc1Cl. The number of halogens is 2. The van der Waals surface area contributed by atoms with Crippen molar-refractivity contribution in [3.8, 4) is 6.07 Å². The topological polar surface area (TPSA) is 52.8 Å². The number of aromatic nitrogens is 2. The van der Waals surface area contributed by atoms with Crippen LogP contribution in [0.2, 0.25) is 10.3 Å². The van der Waals surface area contributed by atoms with Crippen molar-refractivity contribution in [3.05, 3.63) is 46.2 Å². The maximum Gasteiger partial charge on any atom is 0.175 e. The predicted octanol–water partition coefficient (Wildman–Crippen LogP) is 3.42. The van der Waals surface area contributed by atoms with Gasteiger partial charge in [-0.3, -0.25) is 0 Å². The van der Waals surface area contributed by atoms with Crippen LogP contribution in [0.3, 0.4) is 0 Å². The molecule has 1 aromatic heterocycles. The number of hydrogen-bond acceptors (Lipinski definition) is 4. The molecule has 0 saturated carbocycles. The average Bonchev–Trinajstić information content (AvgIpc) is 2.41. The first-order chi connectivity index (χ1) is 8.61. The molecule has 0 amide bonds. The van der Waals surface area contributed by atoms with Gasteiger partial charge in [0.25, 0.3) is 0 Å². The lowest BCUT2D eigenvalue weighted by Gasteiger charge is -2.19. The van der Waals surface area contributed by atoms with Gasteiger partial charge in [0.15, 0.2) is 10.3 Å². The fourth-order valence-electron chi connectivity index (χ4n) is 1.48. The van der Waals surface area contributed by atoms with Crippen molar-refractivity contribution >= 4 is 34.6 Å². The van der Waals surface area contributed by atoms with E-state index < -0.39 is 0 Å². The summed E-state index contributed by atoms with van der Waals surface area (Å²) in [6, 6.07) is 10.8. The van der Waals surface area contributed by atoms with E-state index in [2.05, 4.69) is 16.3 Å². The van der Waals surface area contributed by atoms with E-state index in [-0.39, 0.29) is 10.3 Å². The third-order valence-corrected chi connectivity index (χ3v) is 2.90. The first-order valence-corrected chi connectivity index (χ1v) is 5.80. The molecule has 0 atom stereocenters. The van der Waals surface area contributed by atoms with Crippen LogP contribution in [0.1, 0.15) is 5.56 Å². The van der Waals surface area contributed by atoms with Crippen LogP contribution < -0.4 is 4.90 Å². The Morgan fingerprint density at radius 3 is 2.44 bits per heavy atom. The molecule has 0 aliphatic carbocycles. The molecule has 1 aromatic carbocycles. The van der Waals surface area contributed by atoms with Crippen LogP contribution in [0.4, 0.5) is 11.4 Å². The van der Waals surface area contributed by atoms with Gasteiger partial charge in [-0.05, 0) is 24.3 Å². The number of rotatable bonds is 2. The summed E-state index contributed by atoms with van der Waals surface area (Å²) in [6.45, 7) is 0. The molecule has 0 radical (unpaired) electrons. The molecule has 0 saturated heterocycles. The van der Waals surface area contributed by atoms with E-state index in [0.29, 0.717) is 11.3 Å². The maximum absolute atomic E-state index is 8.74. The molecule has 0 aliphatic rings. The maximum atomic E-state index is 8.74. The molecular formula is C12H8Cl2N4. The first kappa shape index (κ1) is 12.6. The van der Waals surface area contributed by atoms with E-state index in [9.17, 15) is 0 Å². The minimum atomic E-state index is 0.270. The highest BCUT2D eigenvalue weighted by Crippen LogP contribution is 2.30. The van der Waals surface area contributed by atoms with Crippen molar-refractivity contribution in [3.63, 3.8) is 0 Å². The van der Waals surface area contributed by atoms with Crippen molar-refractivity contribution in [2.45, 2.75) is 0 Å². The van der Waals surface area contributed by atoms with E-state index in [4.69, 9.17) is 28.5 Å². The van der Waals surface area contributed by atoms with Crippen LogP contribution in [0.25, 0.3) is 0 Å². The summed E-state index contributed by atoms with van der Waals surface area (Å²) in [4.78, 5) is 1.82. The van der Waals surface area contributed by atoms with Crippen molar-refractivity contribution in [2.75, 3.05) is 11.9 Å². The van der Waals surface area contributed by atoms with Crippen molar-refractivity contribution < 1.29 is 0 Å². The van der Waals surface area contributed by atoms with Gasteiger partial charge in [-0.15, -0.1) is 10.2 Å². The van der Waals surface area contributed by atoms with E-state index in [1.165, 1.54) is 0 Å². The number of nitriles is 1. The Labute approximate surface area is 114 Å². The van der Waals surface area contributed by atoms with Crippen LogP contribution >= 0.6 is 23.2 Å². The molecule has 0 bridgehead atoms. The third-order valence-electron chi connectivity index (χ3n) is 2.45. The number of anilines is 2. The molecule has 0 spiro atoms. The van der Waals surface area contributed by atoms with Crippen molar-refractivity contribution in [1.29, 1.82) is 5.26 Å².